The number of aliphatic carboxylic acids is 1. The minimum absolute atomic E-state index is 0.369. The van der Waals surface area contributed by atoms with Gasteiger partial charge in [0.2, 0.25) is 0 Å². The Balaban J connectivity index is 2.12. The summed E-state index contributed by atoms with van der Waals surface area (Å²) in [6.07, 6.45) is 5.51. The maximum absolute atomic E-state index is 11.7. The van der Waals surface area contributed by atoms with Gasteiger partial charge >= 0.3 is 5.97 Å². The molecule has 1 aromatic carbocycles. The van der Waals surface area contributed by atoms with Crippen LogP contribution in [0.1, 0.15) is 44.1 Å². The molecule has 1 aromatic rings. The number of nitrogens with one attached hydrogen (secondary N) is 1. The quantitative estimate of drug-likeness (QED) is 0.823. The molecule has 1 aliphatic rings. The summed E-state index contributed by atoms with van der Waals surface area (Å²) in [5.74, 6) is -0.735. The molecule has 4 nitrogen and oxygen atoms in total. The summed E-state index contributed by atoms with van der Waals surface area (Å²) in [5, 5.41) is 22.1. The van der Waals surface area contributed by atoms with Gasteiger partial charge in [0.05, 0.1) is 27.8 Å². The molecule has 0 aliphatic heterocycles. The van der Waals surface area contributed by atoms with Crippen molar-refractivity contribution in [1.29, 1.82) is 5.26 Å². The number of anilines is 1. The minimum atomic E-state index is -0.735. The second-order valence-electron chi connectivity index (χ2n) is 5.66. The third-order valence-corrected chi connectivity index (χ3v) is 4.54. The zero-order valence-electron chi connectivity index (χ0n) is 11.9. The first-order valence-electron chi connectivity index (χ1n) is 7.24. The van der Waals surface area contributed by atoms with E-state index in [1.165, 1.54) is 0 Å². The SMILES string of the molecule is N#Cc1ccc(NCC2(C(=O)O)CCCCCC2)c(Cl)c1. The Morgan fingerprint density at radius 1 is 1.33 bits per heavy atom. The number of nitrogens with zero attached hydrogens (tertiary/aromatic N) is 1. The average molecular weight is 307 g/mol. The molecule has 0 amide bonds. The van der Waals surface area contributed by atoms with E-state index in [4.69, 9.17) is 16.9 Å². The van der Waals surface area contributed by atoms with Crippen LogP contribution >= 0.6 is 11.6 Å². The number of carbonyl (C=O) groups is 1. The van der Waals surface area contributed by atoms with Crippen molar-refractivity contribution in [2.45, 2.75) is 38.5 Å². The van der Waals surface area contributed by atoms with Crippen LogP contribution in [-0.4, -0.2) is 17.6 Å². The van der Waals surface area contributed by atoms with Crippen molar-refractivity contribution in [3.05, 3.63) is 28.8 Å². The molecule has 0 atom stereocenters. The lowest BCUT2D eigenvalue weighted by atomic mass is 9.80. The molecule has 2 rings (SSSR count). The third-order valence-electron chi connectivity index (χ3n) is 4.23. The zero-order valence-corrected chi connectivity index (χ0v) is 12.6. The molecule has 0 heterocycles. The molecule has 112 valence electrons. The van der Waals surface area contributed by atoms with Gasteiger partial charge in [-0.25, -0.2) is 0 Å². The molecule has 1 fully saturated rings. The summed E-state index contributed by atoms with van der Waals surface area (Å²) >= 11 is 6.12. The first kappa shape index (κ1) is 15.7. The Labute approximate surface area is 129 Å². The van der Waals surface area contributed by atoms with E-state index in [0.29, 0.717) is 35.7 Å². The second kappa shape index (κ2) is 6.82. The van der Waals surface area contributed by atoms with E-state index in [9.17, 15) is 9.90 Å². The van der Waals surface area contributed by atoms with Gasteiger partial charge in [-0.15, -0.1) is 0 Å². The monoisotopic (exact) mass is 306 g/mol. The number of hydrogen-bond acceptors (Lipinski definition) is 3. The van der Waals surface area contributed by atoms with Gasteiger partial charge in [-0.3, -0.25) is 4.79 Å². The molecule has 0 saturated heterocycles. The number of carboxylic acids is 1. The molecule has 0 bridgehead atoms. The van der Waals surface area contributed by atoms with E-state index in [2.05, 4.69) is 5.32 Å². The van der Waals surface area contributed by atoms with Crippen LogP contribution in [0.25, 0.3) is 0 Å². The van der Waals surface area contributed by atoms with Crippen LogP contribution in [0.4, 0.5) is 5.69 Å². The maximum atomic E-state index is 11.7. The molecule has 5 heteroatoms. The first-order chi connectivity index (χ1) is 10.1. The fourth-order valence-electron chi connectivity index (χ4n) is 2.86. The lowest BCUT2D eigenvalue weighted by molar-refractivity contribution is -0.149. The number of carboxylic acid groups (broad SMARTS) is 1. The van der Waals surface area contributed by atoms with E-state index in [0.717, 1.165) is 25.7 Å². The number of benzene rings is 1. The van der Waals surface area contributed by atoms with Crippen molar-refractivity contribution in [1.82, 2.24) is 0 Å². The van der Waals surface area contributed by atoms with Gasteiger partial charge in [0.1, 0.15) is 0 Å². The van der Waals surface area contributed by atoms with Gasteiger partial charge in [0.15, 0.2) is 0 Å². The van der Waals surface area contributed by atoms with E-state index < -0.39 is 11.4 Å². The van der Waals surface area contributed by atoms with Crippen molar-refractivity contribution in [2.24, 2.45) is 5.41 Å². The fraction of sp³-hybridized carbons (Fsp3) is 0.500. The van der Waals surface area contributed by atoms with Crippen molar-refractivity contribution in [3.63, 3.8) is 0 Å². The van der Waals surface area contributed by atoms with Gasteiger partial charge in [-0.2, -0.15) is 5.26 Å². The lowest BCUT2D eigenvalue weighted by Gasteiger charge is -2.29. The van der Waals surface area contributed by atoms with E-state index in [-0.39, 0.29) is 0 Å². The van der Waals surface area contributed by atoms with Crippen molar-refractivity contribution >= 4 is 23.3 Å². The number of rotatable bonds is 4. The highest BCUT2D eigenvalue weighted by molar-refractivity contribution is 6.33. The van der Waals surface area contributed by atoms with Crippen LogP contribution in [0.2, 0.25) is 5.02 Å². The Bertz CT molecular complexity index is 558. The summed E-state index contributed by atoms with van der Waals surface area (Å²) in [4.78, 5) is 11.7. The predicted molar refractivity (Wildman–Crippen MR) is 82.4 cm³/mol. The van der Waals surface area contributed by atoms with Gasteiger partial charge in [-0.1, -0.05) is 37.3 Å². The number of hydrogen-bond donors (Lipinski definition) is 2. The topological polar surface area (TPSA) is 73.1 Å². The van der Waals surface area contributed by atoms with Crippen LogP contribution in [0.3, 0.4) is 0 Å². The Morgan fingerprint density at radius 2 is 2.00 bits per heavy atom. The highest BCUT2D eigenvalue weighted by Gasteiger charge is 2.38. The normalized spacial score (nSPS) is 17.5. The molecular formula is C16H19ClN2O2. The molecular weight excluding hydrogens is 288 g/mol. The van der Waals surface area contributed by atoms with Gasteiger partial charge in [-0.05, 0) is 31.0 Å². The first-order valence-corrected chi connectivity index (χ1v) is 7.62. The Morgan fingerprint density at radius 3 is 2.52 bits per heavy atom. The Kier molecular flexibility index (Phi) is 5.08. The van der Waals surface area contributed by atoms with Crippen LogP contribution < -0.4 is 5.32 Å². The molecule has 2 N–H and O–H groups in total. The Hall–Kier alpha value is -1.73. The van der Waals surface area contributed by atoms with E-state index in [1.807, 2.05) is 6.07 Å². The molecule has 1 aliphatic carbocycles. The second-order valence-corrected chi connectivity index (χ2v) is 6.07. The third kappa shape index (κ3) is 3.68. The molecule has 0 spiro atoms. The average Bonchev–Trinajstić information content (AvgIpc) is 2.72. The molecule has 21 heavy (non-hydrogen) atoms. The van der Waals surface area contributed by atoms with Crippen molar-refractivity contribution < 1.29 is 9.90 Å². The van der Waals surface area contributed by atoms with E-state index in [1.54, 1.807) is 18.2 Å². The van der Waals surface area contributed by atoms with Crippen LogP contribution in [0.5, 0.6) is 0 Å². The van der Waals surface area contributed by atoms with Gasteiger partial charge in [0.25, 0.3) is 0 Å². The molecule has 0 unspecified atom stereocenters. The van der Waals surface area contributed by atoms with Crippen LogP contribution in [0, 0.1) is 16.7 Å². The summed E-state index contributed by atoms with van der Waals surface area (Å²) in [5.41, 5.74) is 0.460. The van der Waals surface area contributed by atoms with Gasteiger partial charge in [0, 0.05) is 6.54 Å². The smallest absolute Gasteiger partial charge is 0.311 e. The predicted octanol–water partition coefficient (Wildman–Crippen LogP) is 4.05. The number of nitriles is 1. The van der Waals surface area contributed by atoms with Gasteiger partial charge < -0.3 is 10.4 Å². The zero-order chi connectivity index (χ0) is 15.3. The van der Waals surface area contributed by atoms with Crippen LogP contribution in [0.15, 0.2) is 18.2 Å². The van der Waals surface area contributed by atoms with Crippen molar-refractivity contribution in [3.8, 4) is 6.07 Å². The summed E-state index contributed by atoms with van der Waals surface area (Å²) < 4.78 is 0. The van der Waals surface area contributed by atoms with E-state index >= 15 is 0 Å². The lowest BCUT2D eigenvalue weighted by Crippen LogP contribution is -2.37. The minimum Gasteiger partial charge on any atom is -0.481 e. The standard InChI is InChI=1S/C16H19ClN2O2/c17-13-9-12(10-18)5-6-14(13)19-11-16(15(20)21)7-3-1-2-4-8-16/h5-6,9,19H,1-4,7-8,11H2,(H,20,21). The molecule has 1 saturated carbocycles. The fourth-order valence-corrected chi connectivity index (χ4v) is 3.11. The molecule has 0 radical (unpaired) electrons. The highest BCUT2D eigenvalue weighted by Crippen LogP contribution is 2.36. The van der Waals surface area contributed by atoms with Crippen LogP contribution in [-0.2, 0) is 4.79 Å². The summed E-state index contributed by atoms with van der Waals surface area (Å²) in [7, 11) is 0. The summed E-state index contributed by atoms with van der Waals surface area (Å²) in [6.45, 7) is 0.369. The number of halogens is 1. The van der Waals surface area contributed by atoms with Crippen molar-refractivity contribution in [2.75, 3.05) is 11.9 Å². The largest absolute Gasteiger partial charge is 0.481 e. The summed E-state index contributed by atoms with van der Waals surface area (Å²) in [6, 6.07) is 7.02. The maximum Gasteiger partial charge on any atom is 0.311 e. The molecule has 0 aromatic heterocycles. The highest BCUT2D eigenvalue weighted by atomic mass is 35.5.